The van der Waals surface area contributed by atoms with Crippen molar-refractivity contribution in [1.82, 2.24) is 4.98 Å². The van der Waals surface area contributed by atoms with Crippen molar-refractivity contribution in [3.63, 3.8) is 0 Å². The Balaban J connectivity index is 2.13. The van der Waals surface area contributed by atoms with Crippen LogP contribution in [-0.2, 0) is 21.3 Å². The van der Waals surface area contributed by atoms with E-state index in [1.165, 1.54) is 7.11 Å². The monoisotopic (exact) mass is 281 g/mol. The lowest BCUT2D eigenvalue weighted by molar-refractivity contribution is 0.148. The van der Waals surface area contributed by atoms with Crippen LogP contribution in [0.1, 0.15) is 12.0 Å². The molecule has 0 saturated heterocycles. The van der Waals surface area contributed by atoms with Crippen LogP contribution in [0, 0.1) is 0 Å². The second kappa shape index (κ2) is 5.64. The maximum atomic E-state index is 11.0. The molecular formula is C13H15NO4S. The van der Waals surface area contributed by atoms with Gasteiger partial charge in [-0.3, -0.25) is 9.54 Å². The van der Waals surface area contributed by atoms with Crippen LogP contribution < -0.4 is 0 Å². The van der Waals surface area contributed by atoms with E-state index in [-0.39, 0.29) is 6.42 Å². The van der Waals surface area contributed by atoms with Gasteiger partial charge in [-0.05, 0) is 36.6 Å². The molecule has 0 amide bonds. The highest BCUT2D eigenvalue weighted by Crippen LogP contribution is 2.16. The summed E-state index contributed by atoms with van der Waals surface area (Å²) in [5.41, 5.74) is 0.688. The van der Waals surface area contributed by atoms with E-state index in [0.717, 1.165) is 16.5 Å². The number of aryl methyl sites for hydroxylation is 1. The fourth-order valence-corrected chi connectivity index (χ4v) is 2.61. The Morgan fingerprint density at radius 2 is 2.16 bits per heavy atom. The molecule has 2 aromatic rings. The molecule has 1 aromatic carbocycles. The van der Waals surface area contributed by atoms with Crippen LogP contribution in [0.15, 0.2) is 36.5 Å². The largest absolute Gasteiger partial charge is 0.363 e. The summed E-state index contributed by atoms with van der Waals surface area (Å²) >= 11 is 0. The van der Waals surface area contributed by atoms with E-state index in [0.29, 0.717) is 6.42 Å². The zero-order valence-electron chi connectivity index (χ0n) is 10.5. The molecule has 6 heteroatoms. The quantitative estimate of drug-likeness (QED) is 0.849. The molecule has 102 valence electrons. The number of methoxy groups -OCH3 is 1. The predicted molar refractivity (Wildman–Crippen MR) is 72.4 cm³/mol. The number of hydrogen-bond acceptors (Lipinski definition) is 4. The molecule has 0 spiro atoms. The van der Waals surface area contributed by atoms with E-state index in [2.05, 4.69) is 4.98 Å². The van der Waals surface area contributed by atoms with E-state index in [4.69, 9.17) is 9.29 Å². The molecule has 1 atom stereocenters. The number of ether oxygens (including phenoxy) is 1. The van der Waals surface area contributed by atoms with Crippen molar-refractivity contribution in [1.29, 1.82) is 0 Å². The predicted octanol–water partition coefficient (Wildman–Crippen LogP) is 2.03. The number of rotatable bonds is 5. The summed E-state index contributed by atoms with van der Waals surface area (Å²) in [6.07, 6.45) is 2.44. The smallest absolute Gasteiger partial charge is 0.292 e. The van der Waals surface area contributed by atoms with Gasteiger partial charge in [0.2, 0.25) is 0 Å². The molecular weight excluding hydrogens is 266 g/mol. The standard InChI is InChI=1S/C13H15NO4S/c1-18-13(19(15,16)17)7-5-10-4-6-12-11(9-10)3-2-8-14-12/h2-4,6,8-9,13H,5,7H2,1H3,(H,15,16,17). The number of nitrogens with zero attached hydrogens (tertiary/aromatic N) is 1. The number of pyridine rings is 1. The Kier molecular flexibility index (Phi) is 4.14. The maximum Gasteiger partial charge on any atom is 0.292 e. The van der Waals surface area contributed by atoms with Crippen molar-refractivity contribution in [3.05, 3.63) is 42.1 Å². The maximum absolute atomic E-state index is 11.0. The van der Waals surface area contributed by atoms with Crippen molar-refractivity contribution < 1.29 is 17.7 Å². The van der Waals surface area contributed by atoms with Gasteiger partial charge >= 0.3 is 0 Å². The van der Waals surface area contributed by atoms with E-state index < -0.39 is 15.6 Å². The Morgan fingerprint density at radius 3 is 2.84 bits per heavy atom. The van der Waals surface area contributed by atoms with Gasteiger partial charge in [-0.2, -0.15) is 8.42 Å². The van der Waals surface area contributed by atoms with Crippen LogP contribution >= 0.6 is 0 Å². The van der Waals surface area contributed by atoms with Crippen LogP contribution in [0.5, 0.6) is 0 Å². The third kappa shape index (κ3) is 3.50. The second-order valence-electron chi connectivity index (χ2n) is 4.25. The van der Waals surface area contributed by atoms with Gasteiger partial charge < -0.3 is 4.74 Å². The van der Waals surface area contributed by atoms with Gasteiger partial charge in [0.1, 0.15) is 0 Å². The highest BCUT2D eigenvalue weighted by atomic mass is 32.2. The van der Waals surface area contributed by atoms with Crippen LogP contribution in [0.3, 0.4) is 0 Å². The zero-order valence-corrected chi connectivity index (χ0v) is 11.3. The van der Waals surface area contributed by atoms with E-state index in [1.807, 2.05) is 30.3 Å². The summed E-state index contributed by atoms with van der Waals surface area (Å²) in [6, 6.07) is 9.54. The van der Waals surface area contributed by atoms with Gasteiger partial charge in [-0.1, -0.05) is 12.1 Å². The minimum absolute atomic E-state index is 0.209. The molecule has 0 saturated carbocycles. The van der Waals surface area contributed by atoms with Crippen molar-refractivity contribution in [2.75, 3.05) is 7.11 Å². The molecule has 1 heterocycles. The molecule has 5 nitrogen and oxygen atoms in total. The number of benzene rings is 1. The van der Waals surface area contributed by atoms with Gasteiger partial charge in [-0.15, -0.1) is 0 Å². The molecule has 1 N–H and O–H groups in total. The van der Waals surface area contributed by atoms with Crippen molar-refractivity contribution in [3.8, 4) is 0 Å². The molecule has 0 fully saturated rings. The molecule has 19 heavy (non-hydrogen) atoms. The van der Waals surface area contributed by atoms with Gasteiger partial charge in [0.25, 0.3) is 10.1 Å². The minimum Gasteiger partial charge on any atom is -0.363 e. The summed E-state index contributed by atoms with van der Waals surface area (Å²) in [7, 11) is -2.90. The van der Waals surface area contributed by atoms with Crippen LogP contribution in [0.4, 0.5) is 0 Å². The zero-order chi connectivity index (χ0) is 13.9. The second-order valence-corrected chi connectivity index (χ2v) is 5.81. The first-order chi connectivity index (χ1) is 9.00. The first-order valence-electron chi connectivity index (χ1n) is 5.83. The summed E-state index contributed by atoms with van der Waals surface area (Å²) < 4.78 is 35.8. The number of fused-ring (bicyclic) bond motifs is 1. The van der Waals surface area contributed by atoms with Gasteiger partial charge in [-0.25, -0.2) is 0 Å². The van der Waals surface area contributed by atoms with Crippen LogP contribution in [-0.4, -0.2) is 30.5 Å². The third-order valence-electron chi connectivity index (χ3n) is 2.93. The number of hydrogen-bond donors (Lipinski definition) is 1. The minimum atomic E-state index is -4.16. The molecule has 1 unspecified atom stereocenters. The molecule has 0 aliphatic heterocycles. The lowest BCUT2D eigenvalue weighted by atomic mass is 10.1. The van der Waals surface area contributed by atoms with E-state index in [1.54, 1.807) is 6.20 Å². The van der Waals surface area contributed by atoms with Gasteiger partial charge in [0, 0.05) is 18.7 Å². The Bertz CT molecular complexity index is 669. The Hall–Kier alpha value is -1.50. The highest BCUT2D eigenvalue weighted by molar-refractivity contribution is 7.86. The summed E-state index contributed by atoms with van der Waals surface area (Å²) in [6.45, 7) is 0. The first kappa shape index (κ1) is 13.9. The molecule has 0 aliphatic rings. The Labute approximate surface area is 112 Å². The van der Waals surface area contributed by atoms with Crippen molar-refractivity contribution >= 4 is 21.0 Å². The average molecular weight is 281 g/mol. The molecule has 0 radical (unpaired) electrons. The lowest BCUT2D eigenvalue weighted by Crippen LogP contribution is -2.23. The Morgan fingerprint density at radius 1 is 1.37 bits per heavy atom. The normalized spacial score (nSPS) is 13.6. The van der Waals surface area contributed by atoms with Crippen molar-refractivity contribution in [2.24, 2.45) is 0 Å². The third-order valence-corrected chi connectivity index (χ3v) is 4.02. The molecule has 2 rings (SSSR count). The number of aromatic nitrogens is 1. The summed E-state index contributed by atoms with van der Waals surface area (Å²) in [4.78, 5) is 4.21. The van der Waals surface area contributed by atoms with E-state index in [9.17, 15) is 8.42 Å². The molecule has 0 bridgehead atoms. The average Bonchev–Trinajstić information content (AvgIpc) is 2.37. The molecule has 0 aliphatic carbocycles. The summed E-state index contributed by atoms with van der Waals surface area (Å²) in [5, 5.41) is 1.00. The van der Waals surface area contributed by atoms with Crippen molar-refractivity contribution in [2.45, 2.75) is 18.3 Å². The molecule has 1 aromatic heterocycles. The van der Waals surface area contributed by atoms with Crippen LogP contribution in [0.25, 0.3) is 10.9 Å². The highest BCUT2D eigenvalue weighted by Gasteiger charge is 2.21. The SMILES string of the molecule is COC(CCc1ccc2ncccc2c1)S(=O)(=O)O. The van der Waals surface area contributed by atoms with Crippen LogP contribution in [0.2, 0.25) is 0 Å². The summed E-state index contributed by atoms with van der Waals surface area (Å²) in [5.74, 6) is 0. The fourth-order valence-electron chi connectivity index (χ4n) is 1.95. The first-order valence-corrected chi connectivity index (χ1v) is 7.34. The van der Waals surface area contributed by atoms with Gasteiger partial charge in [0.05, 0.1) is 5.52 Å². The lowest BCUT2D eigenvalue weighted by Gasteiger charge is -2.11. The topological polar surface area (TPSA) is 76.5 Å². The fraction of sp³-hybridized carbons (Fsp3) is 0.308. The van der Waals surface area contributed by atoms with E-state index >= 15 is 0 Å². The van der Waals surface area contributed by atoms with Gasteiger partial charge in [0.15, 0.2) is 5.44 Å².